The number of thiophene rings is 1. The molecule has 3 heterocycles. The van der Waals surface area contributed by atoms with Crippen LogP contribution in [0, 0.1) is 6.92 Å². The lowest BCUT2D eigenvalue weighted by Crippen LogP contribution is -2.05. The molecule has 1 aliphatic rings. The standard InChI is InChI=1S/C22H16N2O4S/c1-12-6-17(22(25)26)16(20-23-10-14-4-5-29-21(14)24-20)9-15(12)7-13-2-3-18-19(8-13)28-11-27-18/h2-6,8-10H,7,11H2,1H3,(H,25,26). The number of benzene rings is 2. The van der Waals surface area contributed by atoms with E-state index in [-0.39, 0.29) is 12.4 Å². The molecular formula is C22H16N2O4S. The zero-order valence-corrected chi connectivity index (χ0v) is 16.3. The predicted molar refractivity (Wildman–Crippen MR) is 110 cm³/mol. The Morgan fingerprint density at radius 3 is 2.90 bits per heavy atom. The quantitative estimate of drug-likeness (QED) is 0.532. The molecule has 4 aromatic rings. The van der Waals surface area contributed by atoms with E-state index in [1.165, 1.54) is 11.3 Å². The highest BCUT2D eigenvalue weighted by molar-refractivity contribution is 7.16. The maximum Gasteiger partial charge on any atom is 0.336 e. The first-order valence-electron chi connectivity index (χ1n) is 9.04. The number of aryl methyl sites for hydroxylation is 1. The molecule has 0 saturated carbocycles. The molecule has 6 nitrogen and oxygen atoms in total. The third-order valence-corrected chi connectivity index (χ3v) is 5.81. The van der Waals surface area contributed by atoms with Gasteiger partial charge in [-0.2, -0.15) is 0 Å². The first-order valence-corrected chi connectivity index (χ1v) is 9.92. The fourth-order valence-corrected chi connectivity index (χ4v) is 4.20. The van der Waals surface area contributed by atoms with Crippen molar-refractivity contribution >= 4 is 27.5 Å². The molecule has 0 saturated heterocycles. The van der Waals surface area contributed by atoms with E-state index in [2.05, 4.69) is 9.97 Å². The van der Waals surface area contributed by atoms with Crippen LogP contribution in [0.2, 0.25) is 0 Å². The molecule has 29 heavy (non-hydrogen) atoms. The number of rotatable bonds is 4. The van der Waals surface area contributed by atoms with Crippen LogP contribution in [0.4, 0.5) is 0 Å². The van der Waals surface area contributed by atoms with Crippen molar-refractivity contribution in [2.75, 3.05) is 6.79 Å². The Kier molecular flexibility index (Phi) is 4.17. The largest absolute Gasteiger partial charge is 0.478 e. The summed E-state index contributed by atoms with van der Waals surface area (Å²) in [7, 11) is 0. The summed E-state index contributed by atoms with van der Waals surface area (Å²) in [6, 6.07) is 11.4. The molecule has 1 N–H and O–H groups in total. The van der Waals surface area contributed by atoms with Crippen molar-refractivity contribution in [1.82, 2.24) is 9.97 Å². The molecule has 0 amide bonds. The zero-order chi connectivity index (χ0) is 20.0. The molecule has 0 aliphatic carbocycles. The molecular weight excluding hydrogens is 388 g/mol. The van der Waals surface area contributed by atoms with Gasteiger partial charge in [-0.1, -0.05) is 6.07 Å². The van der Waals surface area contributed by atoms with Crippen molar-refractivity contribution in [2.45, 2.75) is 13.3 Å². The predicted octanol–water partition coefficient (Wildman–Crippen LogP) is 4.68. The lowest BCUT2D eigenvalue weighted by atomic mass is 9.94. The van der Waals surface area contributed by atoms with Crippen molar-refractivity contribution in [1.29, 1.82) is 0 Å². The van der Waals surface area contributed by atoms with Gasteiger partial charge in [-0.25, -0.2) is 14.8 Å². The lowest BCUT2D eigenvalue weighted by molar-refractivity contribution is 0.0697. The van der Waals surface area contributed by atoms with Crippen molar-refractivity contribution in [3.05, 3.63) is 70.2 Å². The summed E-state index contributed by atoms with van der Waals surface area (Å²) in [5.41, 5.74) is 3.70. The first kappa shape index (κ1) is 17.6. The second-order valence-electron chi connectivity index (χ2n) is 6.87. The van der Waals surface area contributed by atoms with Crippen LogP contribution < -0.4 is 9.47 Å². The van der Waals surface area contributed by atoms with Crippen LogP contribution >= 0.6 is 11.3 Å². The van der Waals surface area contributed by atoms with Crippen molar-refractivity contribution in [3.8, 4) is 22.9 Å². The number of carbonyl (C=O) groups is 1. The van der Waals surface area contributed by atoms with E-state index in [1.54, 1.807) is 12.3 Å². The van der Waals surface area contributed by atoms with Crippen LogP contribution in [0.25, 0.3) is 21.6 Å². The van der Waals surface area contributed by atoms with Crippen LogP contribution in [-0.2, 0) is 6.42 Å². The van der Waals surface area contributed by atoms with E-state index in [0.717, 1.165) is 38.4 Å². The number of aromatic nitrogens is 2. The first-order chi connectivity index (χ1) is 14.1. The fourth-order valence-electron chi connectivity index (χ4n) is 3.46. The molecule has 0 unspecified atom stereocenters. The molecule has 2 aromatic heterocycles. The molecule has 0 radical (unpaired) electrons. The fraction of sp³-hybridized carbons (Fsp3) is 0.136. The summed E-state index contributed by atoms with van der Waals surface area (Å²) in [4.78, 5) is 21.7. The van der Waals surface area contributed by atoms with Gasteiger partial charge in [0.1, 0.15) is 4.83 Å². The number of carboxylic acids is 1. The molecule has 0 spiro atoms. The number of nitrogens with zero attached hydrogens (tertiary/aromatic N) is 2. The lowest BCUT2D eigenvalue weighted by Gasteiger charge is -2.12. The highest BCUT2D eigenvalue weighted by Gasteiger charge is 2.19. The molecule has 5 rings (SSSR count). The molecule has 0 bridgehead atoms. The number of ether oxygens (including phenoxy) is 2. The Hall–Kier alpha value is -3.45. The van der Waals surface area contributed by atoms with Crippen LogP contribution in [0.1, 0.15) is 27.0 Å². The van der Waals surface area contributed by atoms with E-state index in [9.17, 15) is 9.90 Å². The SMILES string of the molecule is Cc1cc(C(=O)O)c(-c2ncc3ccsc3n2)cc1Cc1ccc2c(c1)OCO2. The average molecular weight is 404 g/mol. The Labute approximate surface area is 170 Å². The van der Waals surface area contributed by atoms with Gasteiger partial charge >= 0.3 is 5.97 Å². The minimum atomic E-state index is -0.993. The maximum atomic E-state index is 11.9. The van der Waals surface area contributed by atoms with Gasteiger partial charge in [0.15, 0.2) is 17.3 Å². The topological polar surface area (TPSA) is 81.5 Å². The second kappa shape index (κ2) is 6.86. The Bertz CT molecular complexity index is 1270. The van der Waals surface area contributed by atoms with Gasteiger partial charge < -0.3 is 14.6 Å². The van der Waals surface area contributed by atoms with Crippen LogP contribution in [0.15, 0.2) is 48.0 Å². The highest BCUT2D eigenvalue weighted by Crippen LogP contribution is 2.34. The molecule has 0 atom stereocenters. The number of aromatic carboxylic acids is 1. The van der Waals surface area contributed by atoms with Gasteiger partial charge in [-0.15, -0.1) is 11.3 Å². The van der Waals surface area contributed by atoms with E-state index in [1.807, 2.05) is 42.6 Å². The smallest absolute Gasteiger partial charge is 0.336 e. The Morgan fingerprint density at radius 2 is 2.03 bits per heavy atom. The van der Waals surface area contributed by atoms with Crippen LogP contribution in [-0.4, -0.2) is 27.8 Å². The van der Waals surface area contributed by atoms with E-state index in [0.29, 0.717) is 17.8 Å². The molecule has 7 heteroatoms. The van der Waals surface area contributed by atoms with E-state index < -0.39 is 5.97 Å². The molecule has 1 aliphatic heterocycles. The second-order valence-corrected chi connectivity index (χ2v) is 7.76. The van der Waals surface area contributed by atoms with E-state index in [4.69, 9.17) is 9.47 Å². The van der Waals surface area contributed by atoms with Gasteiger partial charge in [0, 0.05) is 17.1 Å². The summed E-state index contributed by atoms with van der Waals surface area (Å²) in [5.74, 6) is 0.899. The number of hydrogen-bond acceptors (Lipinski definition) is 6. The van der Waals surface area contributed by atoms with Gasteiger partial charge in [-0.3, -0.25) is 0 Å². The van der Waals surface area contributed by atoms with E-state index >= 15 is 0 Å². The molecule has 144 valence electrons. The summed E-state index contributed by atoms with van der Waals surface area (Å²) in [6.07, 6.45) is 2.37. The van der Waals surface area contributed by atoms with Gasteiger partial charge in [0.25, 0.3) is 0 Å². The maximum absolute atomic E-state index is 11.9. The van der Waals surface area contributed by atoms with Gasteiger partial charge in [-0.05, 0) is 65.7 Å². The minimum absolute atomic E-state index is 0.202. The minimum Gasteiger partial charge on any atom is -0.478 e. The van der Waals surface area contributed by atoms with Crippen molar-refractivity contribution < 1.29 is 19.4 Å². The monoisotopic (exact) mass is 404 g/mol. The summed E-state index contributed by atoms with van der Waals surface area (Å²) in [6.45, 7) is 2.15. The molecule has 2 aromatic carbocycles. The molecule has 0 fully saturated rings. The Morgan fingerprint density at radius 1 is 1.17 bits per heavy atom. The normalized spacial score (nSPS) is 12.4. The highest BCUT2D eigenvalue weighted by atomic mass is 32.1. The Balaban J connectivity index is 1.59. The van der Waals surface area contributed by atoms with Crippen LogP contribution in [0.3, 0.4) is 0 Å². The third kappa shape index (κ3) is 3.19. The van der Waals surface area contributed by atoms with Crippen molar-refractivity contribution in [3.63, 3.8) is 0 Å². The number of fused-ring (bicyclic) bond motifs is 2. The van der Waals surface area contributed by atoms with Crippen molar-refractivity contribution in [2.24, 2.45) is 0 Å². The summed E-state index contributed by atoms with van der Waals surface area (Å²) in [5, 5.41) is 12.6. The van der Waals surface area contributed by atoms with Gasteiger partial charge in [0.2, 0.25) is 6.79 Å². The zero-order valence-electron chi connectivity index (χ0n) is 15.5. The number of hydrogen-bond donors (Lipinski definition) is 1. The summed E-state index contributed by atoms with van der Waals surface area (Å²) < 4.78 is 10.8. The van der Waals surface area contributed by atoms with Gasteiger partial charge in [0.05, 0.1) is 5.56 Å². The van der Waals surface area contributed by atoms with Crippen LogP contribution in [0.5, 0.6) is 11.5 Å². The number of carboxylic acid groups (broad SMARTS) is 1. The summed E-state index contributed by atoms with van der Waals surface area (Å²) >= 11 is 1.51. The third-order valence-electron chi connectivity index (χ3n) is 4.99. The average Bonchev–Trinajstić information content (AvgIpc) is 3.37.